The molecule has 0 bridgehead atoms. The summed E-state index contributed by atoms with van der Waals surface area (Å²) in [4.78, 5) is 37.5. The van der Waals surface area contributed by atoms with Crippen molar-refractivity contribution in [2.75, 3.05) is 56.8 Å². The highest BCUT2D eigenvalue weighted by atomic mass is 19.4. The molecule has 60 heavy (non-hydrogen) atoms. The molecule has 2 aromatic carbocycles. The Morgan fingerprint density at radius 3 is 1.83 bits per heavy atom. The summed E-state index contributed by atoms with van der Waals surface area (Å²) in [5, 5.41) is 50.0. The normalized spacial score (nSPS) is 14.4. The summed E-state index contributed by atoms with van der Waals surface area (Å²) in [5.41, 5.74) is -2.34. The summed E-state index contributed by atoms with van der Waals surface area (Å²) in [6, 6.07) is 5.77. The molecule has 0 heterocycles. The smallest absolute Gasteiger partial charge is 0.416 e. The van der Waals surface area contributed by atoms with Crippen LogP contribution in [0.25, 0.3) is 0 Å². The van der Waals surface area contributed by atoms with Gasteiger partial charge in [0.1, 0.15) is 24.9 Å². The monoisotopic (exact) mass is 870 g/mol. The number of aliphatic hydroxyl groups is 4. The summed E-state index contributed by atoms with van der Waals surface area (Å²) < 4.78 is 99.8. The Balaban J connectivity index is 1.99. The summed E-state index contributed by atoms with van der Waals surface area (Å²) in [5.74, 6) is -0.416. The van der Waals surface area contributed by atoms with Crippen molar-refractivity contribution in [2.45, 2.75) is 108 Å². The van der Waals surface area contributed by atoms with Crippen LogP contribution in [-0.2, 0) is 36.1 Å². The number of urea groups is 1. The van der Waals surface area contributed by atoms with Crippen molar-refractivity contribution in [1.82, 2.24) is 10.6 Å². The number of alkyl halides is 6. The van der Waals surface area contributed by atoms with E-state index < -0.39 is 105 Å². The van der Waals surface area contributed by atoms with E-state index in [0.717, 1.165) is 75.3 Å². The standard InChI is InChI=1S/C39H56F6N4O11/c1-2-3-4-5-6-7-8-9-16-34(54)49-30(32(21-50)57-18-17-46-36(55)47-28-14-10-12-26(19-28)38(40,41)42)24-58-35(23-52)60-33(22-51)31(53)25-59-37(56)48-29-15-11-13-27(20-29)39(43,44)45/h10-15,19-20,30-33,35,50-53H,2-9,16-18,21-25H2,1H3,(H,48,56)(H,49,54)(H2,46,47,55)/t30-,31-,32?,33?,35+/m1/s1. The molecule has 0 radical (unpaired) electrons. The number of halogens is 6. The minimum Gasteiger partial charge on any atom is -0.446 e. The first-order valence-corrected chi connectivity index (χ1v) is 19.5. The Morgan fingerprint density at radius 2 is 1.28 bits per heavy atom. The Bertz CT molecular complexity index is 1560. The lowest BCUT2D eigenvalue weighted by Crippen LogP contribution is -2.51. The van der Waals surface area contributed by atoms with Gasteiger partial charge in [0, 0.05) is 24.3 Å². The summed E-state index contributed by atoms with van der Waals surface area (Å²) in [6.45, 7) is -1.98. The van der Waals surface area contributed by atoms with E-state index in [1.54, 1.807) is 0 Å². The van der Waals surface area contributed by atoms with Gasteiger partial charge in [-0.3, -0.25) is 10.1 Å². The first-order chi connectivity index (χ1) is 28.5. The number of anilines is 2. The predicted octanol–water partition coefficient (Wildman–Crippen LogP) is 5.56. The maximum absolute atomic E-state index is 13.0. The maximum Gasteiger partial charge on any atom is 0.416 e. The van der Waals surface area contributed by atoms with E-state index in [1.807, 2.05) is 0 Å². The quantitative estimate of drug-likeness (QED) is 0.0301. The molecule has 0 aliphatic heterocycles. The molecule has 4 amide bonds. The summed E-state index contributed by atoms with van der Waals surface area (Å²) in [6.07, 6.45) is -8.49. The molecule has 0 saturated carbocycles. The van der Waals surface area contributed by atoms with Gasteiger partial charge in [0.25, 0.3) is 0 Å². The van der Waals surface area contributed by atoms with Gasteiger partial charge in [-0.05, 0) is 42.8 Å². The largest absolute Gasteiger partial charge is 0.446 e. The molecule has 0 aromatic heterocycles. The molecule has 15 nitrogen and oxygen atoms in total. The fourth-order valence-corrected chi connectivity index (χ4v) is 5.55. The van der Waals surface area contributed by atoms with Crippen molar-refractivity contribution in [1.29, 1.82) is 0 Å². The number of ether oxygens (including phenoxy) is 4. The lowest BCUT2D eigenvalue weighted by Gasteiger charge is -2.30. The van der Waals surface area contributed by atoms with Crippen molar-refractivity contribution in [2.24, 2.45) is 0 Å². The van der Waals surface area contributed by atoms with Gasteiger partial charge in [-0.2, -0.15) is 26.3 Å². The second-order valence-corrected chi connectivity index (χ2v) is 13.6. The summed E-state index contributed by atoms with van der Waals surface area (Å²) >= 11 is 0. The highest BCUT2D eigenvalue weighted by Gasteiger charge is 2.32. The molecule has 2 aromatic rings. The van der Waals surface area contributed by atoms with Crippen LogP contribution in [0.3, 0.4) is 0 Å². The van der Waals surface area contributed by atoms with Gasteiger partial charge in [-0.15, -0.1) is 0 Å². The zero-order valence-electron chi connectivity index (χ0n) is 33.2. The topological polar surface area (TPSA) is 217 Å². The molecule has 0 saturated heterocycles. The van der Waals surface area contributed by atoms with E-state index in [4.69, 9.17) is 18.9 Å². The molecule has 0 aliphatic rings. The molecule has 0 fully saturated rings. The lowest BCUT2D eigenvalue weighted by atomic mass is 10.1. The number of carbonyl (C=O) groups is 3. The number of carbonyl (C=O) groups excluding carboxylic acids is 3. The number of hydrogen-bond donors (Lipinski definition) is 8. The molecule has 5 atom stereocenters. The van der Waals surface area contributed by atoms with Gasteiger partial charge in [0.2, 0.25) is 5.91 Å². The van der Waals surface area contributed by atoms with Crippen LogP contribution in [0, 0.1) is 0 Å². The van der Waals surface area contributed by atoms with Crippen LogP contribution < -0.4 is 21.3 Å². The highest BCUT2D eigenvalue weighted by Crippen LogP contribution is 2.31. The number of rotatable bonds is 28. The van der Waals surface area contributed by atoms with Crippen LogP contribution in [0.2, 0.25) is 0 Å². The van der Waals surface area contributed by atoms with E-state index >= 15 is 0 Å². The van der Waals surface area contributed by atoms with Crippen LogP contribution in [0.15, 0.2) is 48.5 Å². The molecule has 340 valence electrons. The minimum absolute atomic E-state index is 0.114. The fourth-order valence-electron chi connectivity index (χ4n) is 5.55. The highest BCUT2D eigenvalue weighted by molar-refractivity contribution is 5.89. The fraction of sp³-hybridized carbons (Fsp3) is 0.615. The third-order valence-electron chi connectivity index (χ3n) is 8.77. The van der Waals surface area contributed by atoms with E-state index in [2.05, 4.69) is 28.2 Å². The summed E-state index contributed by atoms with van der Waals surface area (Å²) in [7, 11) is 0. The van der Waals surface area contributed by atoms with Gasteiger partial charge >= 0.3 is 24.5 Å². The van der Waals surface area contributed by atoms with Crippen LogP contribution in [0.4, 0.5) is 47.3 Å². The van der Waals surface area contributed by atoms with E-state index in [0.29, 0.717) is 12.5 Å². The van der Waals surface area contributed by atoms with Gasteiger partial charge in [-0.1, -0.05) is 64.0 Å². The van der Waals surface area contributed by atoms with Crippen molar-refractivity contribution in [3.05, 3.63) is 59.7 Å². The Hall–Kier alpha value is -4.25. The Labute approximate surface area is 344 Å². The third kappa shape index (κ3) is 20.8. The molecule has 8 N–H and O–H groups in total. The van der Waals surface area contributed by atoms with E-state index in [9.17, 15) is 61.2 Å². The van der Waals surface area contributed by atoms with Crippen molar-refractivity contribution >= 4 is 29.4 Å². The van der Waals surface area contributed by atoms with Gasteiger partial charge in [0.15, 0.2) is 6.29 Å². The molecule has 2 rings (SSSR count). The molecular formula is C39H56F6N4O11. The number of benzene rings is 2. The van der Waals surface area contributed by atoms with Gasteiger partial charge in [-0.25, -0.2) is 9.59 Å². The molecule has 0 spiro atoms. The number of unbranched alkanes of at least 4 members (excludes halogenated alkanes) is 7. The van der Waals surface area contributed by atoms with Crippen LogP contribution in [0.1, 0.15) is 75.8 Å². The first-order valence-electron chi connectivity index (χ1n) is 19.5. The molecule has 2 unspecified atom stereocenters. The van der Waals surface area contributed by atoms with Crippen LogP contribution >= 0.6 is 0 Å². The predicted molar refractivity (Wildman–Crippen MR) is 206 cm³/mol. The number of hydrogen-bond acceptors (Lipinski definition) is 11. The first kappa shape index (κ1) is 51.9. The molecule has 0 aliphatic carbocycles. The second-order valence-electron chi connectivity index (χ2n) is 13.6. The van der Waals surface area contributed by atoms with Crippen molar-refractivity contribution in [3.63, 3.8) is 0 Å². The van der Waals surface area contributed by atoms with Gasteiger partial charge < -0.3 is 55.3 Å². The molecule has 21 heteroatoms. The van der Waals surface area contributed by atoms with Gasteiger partial charge in [0.05, 0.1) is 50.2 Å². The maximum atomic E-state index is 13.0. The Kier molecular flexibility index (Phi) is 23.8. The zero-order chi connectivity index (χ0) is 44.6. The van der Waals surface area contributed by atoms with Crippen LogP contribution in [0.5, 0.6) is 0 Å². The van der Waals surface area contributed by atoms with Crippen molar-refractivity contribution < 1.29 is 80.1 Å². The van der Waals surface area contributed by atoms with E-state index in [1.165, 1.54) is 12.1 Å². The third-order valence-corrected chi connectivity index (χ3v) is 8.77. The zero-order valence-corrected chi connectivity index (χ0v) is 33.2. The average Bonchev–Trinajstić information content (AvgIpc) is 3.20. The lowest BCUT2D eigenvalue weighted by molar-refractivity contribution is -0.221. The Morgan fingerprint density at radius 1 is 0.717 bits per heavy atom. The van der Waals surface area contributed by atoms with E-state index in [-0.39, 0.29) is 30.9 Å². The second kappa shape index (κ2) is 27.6. The SMILES string of the molecule is CCCCCCCCCCC(=O)N[C@H](CO[C@H](CO)OC(CO)[C@H](O)COC(=O)Nc1cccc(C(F)(F)F)c1)C(CO)OCCNC(=O)Nc1cccc(C(F)(F)F)c1. The number of aliphatic hydroxyl groups excluding tert-OH is 4. The minimum atomic E-state index is -4.67. The van der Waals surface area contributed by atoms with Crippen LogP contribution in [-0.4, -0.2) is 115 Å². The van der Waals surface area contributed by atoms with Crippen molar-refractivity contribution in [3.8, 4) is 0 Å². The molecular weight excluding hydrogens is 814 g/mol. The number of nitrogens with one attached hydrogen (secondary N) is 4. The average molecular weight is 871 g/mol. The number of amides is 4.